The van der Waals surface area contributed by atoms with E-state index >= 15 is 0 Å². The van der Waals surface area contributed by atoms with Crippen molar-refractivity contribution in [1.29, 1.82) is 0 Å². The summed E-state index contributed by atoms with van der Waals surface area (Å²) in [7, 11) is 1.31. The normalized spacial score (nSPS) is 13.0. The SMILES string of the molecule is C#C.C#C.C=C(O)[C@@H]1CCCN1C(=C)CNC(=O)OC.CC(C)C.CCc1ccnc(-c2ccsc2)c1. The molecule has 1 amide bonds. The quantitative estimate of drug-likeness (QED) is 0.316. The highest BCUT2D eigenvalue weighted by atomic mass is 32.1. The Labute approximate surface area is 228 Å². The number of methoxy groups -OCH3 is 1. The smallest absolute Gasteiger partial charge is 0.407 e. The zero-order valence-corrected chi connectivity index (χ0v) is 23.8. The van der Waals surface area contributed by atoms with Crippen molar-refractivity contribution in [3.05, 3.63) is 65.3 Å². The van der Waals surface area contributed by atoms with Crippen molar-refractivity contribution in [3.8, 4) is 37.0 Å². The molecule has 1 atom stereocenters. The number of nitrogens with one attached hydrogen (secondary N) is 1. The third-order valence-electron chi connectivity index (χ3n) is 4.72. The number of aliphatic hydroxyl groups is 1. The van der Waals surface area contributed by atoms with Crippen LogP contribution in [0.1, 0.15) is 46.1 Å². The Morgan fingerprint density at radius 2 is 1.89 bits per heavy atom. The molecule has 1 aliphatic rings. The third kappa shape index (κ3) is 15.1. The maximum Gasteiger partial charge on any atom is 0.407 e. The molecule has 2 N–H and O–H groups in total. The molecule has 6 nitrogen and oxygen atoms in total. The van der Waals surface area contributed by atoms with E-state index in [4.69, 9.17) is 0 Å². The summed E-state index contributed by atoms with van der Waals surface area (Å²) >= 11 is 1.71. The fraction of sp³-hybridized carbons (Fsp3) is 0.400. The van der Waals surface area contributed by atoms with Crippen LogP contribution in [-0.2, 0) is 11.2 Å². The summed E-state index contributed by atoms with van der Waals surface area (Å²) in [4.78, 5) is 17.2. The van der Waals surface area contributed by atoms with Crippen LogP contribution in [0.25, 0.3) is 11.3 Å². The highest BCUT2D eigenvalue weighted by molar-refractivity contribution is 7.08. The van der Waals surface area contributed by atoms with E-state index in [-0.39, 0.29) is 11.8 Å². The monoisotopic (exact) mass is 525 g/mol. The van der Waals surface area contributed by atoms with Crippen LogP contribution < -0.4 is 5.32 Å². The minimum absolute atomic E-state index is 0.0769. The summed E-state index contributed by atoms with van der Waals surface area (Å²) in [5.74, 6) is 0.983. The van der Waals surface area contributed by atoms with Crippen molar-refractivity contribution in [2.24, 2.45) is 5.92 Å². The molecule has 0 saturated carbocycles. The van der Waals surface area contributed by atoms with Gasteiger partial charge in [-0.3, -0.25) is 4.98 Å². The van der Waals surface area contributed by atoms with E-state index in [1.54, 1.807) is 11.3 Å². The summed E-state index contributed by atoms with van der Waals surface area (Å²) in [5.41, 5.74) is 4.40. The van der Waals surface area contributed by atoms with Crippen molar-refractivity contribution in [3.63, 3.8) is 0 Å². The van der Waals surface area contributed by atoms with E-state index in [0.717, 1.165) is 43.1 Å². The number of carbonyl (C=O) groups is 1. The van der Waals surface area contributed by atoms with Crippen LogP contribution >= 0.6 is 11.3 Å². The van der Waals surface area contributed by atoms with Gasteiger partial charge in [0, 0.05) is 29.4 Å². The van der Waals surface area contributed by atoms with Gasteiger partial charge in [-0.15, -0.1) is 25.7 Å². The molecule has 1 saturated heterocycles. The van der Waals surface area contributed by atoms with Gasteiger partial charge in [-0.1, -0.05) is 40.9 Å². The molecule has 0 spiro atoms. The zero-order chi connectivity index (χ0) is 28.8. The van der Waals surface area contributed by atoms with Crippen LogP contribution in [0, 0.1) is 31.6 Å². The van der Waals surface area contributed by atoms with Gasteiger partial charge in [0.25, 0.3) is 0 Å². The van der Waals surface area contributed by atoms with Gasteiger partial charge in [-0.25, -0.2) is 4.79 Å². The van der Waals surface area contributed by atoms with E-state index in [1.807, 2.05) is 11.1 Å². The molecule has 1 fully saturated rings. The first-order valence-electron chi connectivity index (χ1n) is 12.0. The molecule has 202 valence electrons. The van der Waals surface area contributed by atoms with E-state index in [1.165, 1.54) is 18.2 Å². The molecule has 0 radical (unpaired) electrons. The Morgan fingerprint density at radius 1 is 1.27 bits per heavy atom. The molecule has 0 unspecified atom stereocenters. The highest BCUT2D eigenvalue weighted by Crippen LogP contribution is 2.24. The molecule has 3 rings (SSSR count). The minimum Gasteiger partial charge on any atom is -0.511 e. The standard InChI is InChI=1S/C11H18N2O3.C11H11NS.C4H10.2C2H2/c1-8(7-12-11(15)16-3)13-6-4-5-10(13)9(2)14;1-2-9-3-5-12-11(7-9)10-4-6-13-8-10;1-4(2)3;2*1-2/h10,14H,1-2,4-7H2,3H3,(H,12,15);3-8H,2H2,1H3;4H,1-3H3;2*1-2H/t10-;;;;/m0..../s1. The number of hydrogen-bond donors (Lipinski definition) is 2. The number of hydrogen-bond acceptors (Lipinski definition) is 6. The lowest BCUT2D eigenvalue weighted by atomic mass is 10.1. The predicted octanol–water partition coefficient (Wildman–Crippen LogP) is 6.93. The maximum absolute atomic E-state index is 10.9. The fourth-order valence-corrected chi connectivity index (χ4v) is 3.75. The molecule has 0 aliphatic carbocycles. The summed E-state index contributed by atoms with van der Waals surface area (Å²) in [6, 6.07) is 6.25. The average Bonchev–Trinajstić information content (AvgIpc) is 3.62. The second-order valence-corrected chi connectivity index (χ2v) is 9.18. The van der Waals surface area contributed by atoms with Gasteiger partial charge in [-0.2, -0.15) is 11.3 Å². The van der Waals surface area contributed by atoms with E-state index in [0.29, 0.717) is 6.54 Å². The van der Waals surface area contributed by atoms with Crippen LogP contribution in [-0.4, -0.2) is 47.3 Å². The molecule has 1 aliphatic heterocycles. The Hall–Kier alpha value is -3.68. The third-order valence-corrected chi connectivity index (χ3v) is 5.40. The van der Waals surface area contributed by atoms with E-state index < -0.39 is 6.09 Å². The van der Waals surface area contributed by atoms with E-state index in [2.05, 4.69) is 111 Å². The van der Waals surface area contributed by atoms with Crippen LogP contribution in [0.3, 0.4) is 0 Å². The molecule has 2 aromatic heterocycles. The summed E-state index contributed by atoms with van der Waals surface area (Å²) in [5, 5.41) is 16.2. The number of terminal acetylenes is 2. The Balaban J connectivity index is 0. The number of likely N-dealkylation sites (tertiary alicyclic amines) is 1. The molecule has 0 bridgehead atoms. The van der Waals surface area contributed by atoms with Crippen LogP contribution in [0.5, 0.6) is 0 Å². The Bertz CT molecular complexity index is 940. The van der Waals surface area contributed by atoms with Gasteiger partial charge < -0.3 is 20.1 Å². The highest BCUT2D eigenvalue weighted by Gasteiger charge is 2.27. The topological polar surface area (TPSA) is 74.7 Å². The number of ether oxygens (including phenoxy) is 1. The van der Waals surface area contributed by atoms with Gasteiger partial charge in [0.15, 0.2) is 0 Å². The van der Waals surface area contributed by atoms with E-state index in [9.17, 15) is 9.90 Å². The largest absolute Gasteiger partial charge is 0.511 e. The number of carbonyl (C=O) groups excluding carboxylic acids is 1. The first-order chi connectivity index (χ1) is 17.7. The first kappa shape index (κ1) is 35.5. The van der Waals surface area contributed by atoms with Crippen LogP contribution in [0.4, 0.5) is 4.79 Å². The number of amides is 1. The number of pyridine rings is 1. The number of aromatic nitrogens is 1. The molecule has 37 heavy (non-hydrogen) atoms. The number of thiophene rings is 1. The predicted molar refractivity (Wildman–Crippen MR) is 158 cm³/mol. The first-order valence-corrected chi connectivity index (χ1v) is 12.9. The summed E-state index contributed by atoms with van der Waals surface area (Å²) < 4.78 is 4.46. The lowest BCUT2D eigenvalue weighted by Gasteiger charge is -2.27. The maximum atomic E-state index is 10.9. The van der Waals surface area contributed by atoms with Crippen molar-refractivity contribution in [2.75, 3.05) is 20.2 Å². The second-order valence-electron chi connectivity index (χ2n) is 8.40. The van der Waals surface area contributed by atoms with Gasteiger partial charge in [0.1, 0.15) is 5.76 Å². The lowest BCUT2D eigenvalue weighted by molar-refractivity contribution is 0.170. The Morgan fingerprint density at radius 3 is 2.38 bits per heavy atom. The van der Waals surface area contributed by atoms with Crippen LogP contribution in [0.15, 0.2) is 59.8 Å². The number of nitrogens with zero attached hydrogens (tertiary/aromatic N) is 2. The molecular weight excluding hydrogens is 482 g/mol. The zero-order valence-electron chi connectivity index (χ0n) is 22.9. The Kier molecular flexibility index (Phi) is 20.7. The van der Waals surface area contributed by atoms with Crippen LogP contribution in [0.2, 0.25) is 0 Å². The minimum atomic E-state index is -0.486. The van der Waals surface area contributed by atoms with Gasteiger partial charge >= 0.3 is 6.09 Å². The number of aliphatic hydroxyl groups excluding tert-OH is 1. The lowest BCUT2D eigenvalue weighted by Crippen LogP contribution is -2.36. The number of aryl methyl sites for hydroxylation is 1. The molecule has 7 heteroatoms. The molecule has 0 aromatic carbocycles. The van der Waals surface area contributed by atoms with Gasteiger partial charge in [-0.05, 0) is 54.3 Å². The van der Waals surface area contributed by atoms with Crippen molar-refractivity contribution >= 4 is 17.4 Å². The van der Waals surface area contributed by atoms with Crippen molar-refractivity contribution in [2.45, 2.75) is 53.0 Å². The summed E-state index contributed by atoms with van der Waals surface area (Å²) in [6.07, 6.45) is 20.3. The van der Waals surface area contributed by atoms with Crippen molar-refractivity contribution in [1.82, 2.24) is 15.2 Å². The molecule has 2 aromatic rings. The summed E-state index contributed by atoms with van der Waals surface area (Å²) in [6.45, 7) is 17.2. The number of rotatable bonds is 6. The van der Waals surface area contributed by atoms with Gasteiger partial charge in [0.05, 0.1) is 25.4 Å². The second kappa shape index (κ2) is 21.6. The molecule has 3 heterocycles. The number of alkyl carbamates (subject to hydrolysis) is 1. The molecular formula is C30H43N3O3S. The van der Waals surface area contributed by atoms with Crippen molar-refractivity contribution < 1.29 is 14.6 Å². The average molecular weight is 526 g/mol. The fourth-order valence-electron chi connectivity index (χ4n) is 3.10. The van der Waals surface area contributed by atoms with Gasteiger partial charge in [0.2, 0.25) is 0 Å².